The third-order valence-corrected chi connectivity index (χ3v) is 4.51. The van der Waals surface area contributed by atoms with Crippen molar-refractivity contribution in [1.29, 1.82) is 0 Å². The number of hydrogen-bond donors (Lipinski definition) is 2. The Morgan fingerprint density at radius 3 is 2.89 bits per heavy atom. The molecule has 2 aliphatic rings. The summed E-state index contributed by atoms with van der Waals surface area (Å²) < 4.78 is 5.59. The number of nitrogens with zero attached hydrogens (tertiary/aromatic N) is 2. The summed E-state index contributed by atoms with van der Waals surface area (Å²) >= 11 is 2.05. The van der Waals surface area contributed by atoms with Crippen LogP contribution in [-0.2, 0) is 4.74 Å². The molecule has 6 heteroatoms. The number of nitrogens with one attached hydrogen (secondary N) is 2. The molecule has 2 fully saturated rings. The maximum absolute atomic E-state index is 5.59. The van der Waals surface area contributed by atoms with Gasteiger partial charge < -0.3 is 15.4 Å². The van der Waals surface area contributed by atoms with Crippen LogP contribution in [0, 0.1) is 0 Å². The molecule has 5 nitrogen and oxygen atoms in total. The van der Waals surface area contributed by atoms with E-state index in [1.165, 1.54) is 31.0 Å². The molecule has 1 atom stereocenters. The average Bonchev–Trinajstić information content (AvgIpc) is 2.97. The normalized spacial score (nSPS) is 25.5. The molecular formula is C13H26N4OS. The van der Waals surface area contributed by atoms with Gasteiger partial charge in [-0.2, -0.15) is 11.8 Å². The zero-order valence-corrected chi connectivity index (χ0v) is 12.7. The van der Waals surface area contributed by atoms with E-state index in [2.05, 4.69) is 32.3 Å². The molecular weight excluding hydrogens is 260 g/mol. The van der Waals surface area contributed by atoms with Gasteiger partial charge in [-0.3, -0.25) is 9.89 Å². The van der Waals surface area contributed by atoms with Crippen LogP contribution in [0.25, 0.3) is 0 Å². The van der Waals surface area contributed by atoms with Gasteiger partial charge in [0.15, 0.2) is 5.96 Å². The minimum Gasteiger partial charge on any atom is -0.376 e. The molecule has 2 heterocycles. The highest BCUT2D eigenvalue weighted by molar-refractivity contribution is 7.99. The molecule has 0 amide bonds. The van der Waals surface area contributed by atoms with E-state index in [1.807, 2.05) is 7.05 Å². The smallest absolute Gasteiger partial charge is 0.191 e. The molecule has 1 unspecified atom stereocenters. The Balaban J connectivity index is 1.56. The predicted molar refractivity (Wildman–Crippen MR) is 82.1 cm³/mol. The van der Waals surface area contributed by atoms with E-state index >= 15 is 0 Å². The number of thioether (sulfide) groups is 1. The summed E-state index contributed by atoms with van der Waals surface area (Å²) in [6, 6.07) is 0. The summed E-state index contributed by atoms with van der Waals surface area (Å²) in [7, 11) is 1.82. The third kappa shape index (κ3) is 5.58. The average molecular weight is 286 g/mol. The Morgan fingerprint density at radius 2 is 2.21 bits per heavy atom. The van der Waals surface area contributed by atoms with Crippen molar-refractivity contribution in [2.45, 2.75) is 18.9 Å². The molecule has 0 aromatic carbocycles. The van der Waals surface area contributed by atoms with Crippen LogP contribution in [0.4, 0.5) is 0 Å². The van der Waals surface area contributed by atoms with Crippen molar-refractivity contribution in [3.05, 3.63) is 0 Å². The van der Waals surface area contributed by atoms with Crippen molar-refractivity contribution in [1.82, 2.24) is 15.5 Å². The van der Waals surface area contributed by atoms with Gasteiger partial charge >= 0.3 is 0 Å². The fourth-order valence-electron chi connectivity index (χ4n) is 2.39. The number of ether oxygens (including phenoxy) is 1. The van der Waals surface area contributed by atoms with Crippen LogP contribution < -0.4 is 10.6 Å². The second-order valence-corrected chi connectivity index (χ2v) is 6.19. The summed E-state index contributed by atoms with van der Waals surface area (Å²) in [5.74, 6) is 3.43. The van der Waals surface area contributed by atoms with E-state index in [-0.39, 0.29) is 0 Å². The van der Waals surface area contributed by atoms with Gasteiger partial charge in [0.1, 0.15) is 0 Å². The van der Waals surface area contributed by atoms with Gasteiger partial charge in [0, 0.05) is 57.9 Å². The SMILES string of the molecule is CN=C(NCCN1CCSCC1)NCC1CCCO1. The lowest BCUT2D eigenvalue weighted by molar-refractivity contribution is 0.114. The van der Waals surface area contributed by atoms with E-state index in [0.29, 0.717) is 6.10 Å². The van der Waals surface area contributed by atoms with E-state index < -0.39 is 0 Å². The minimum absolute atomic E-state index is 0.359. The second kappa shape index (κ2) is 8.66. The number of rotatable bonds is 5. The highest BCUT2D eigenvalue weighted by Crippen LogP contribution is 2.10. The van der Waals surface area contributed by atoms with E-state index in [4.69, 9.17) is 4.74 Å². The third-order valence-electron chi connectivity index (χ3n) is 3.57. The Labute approximate surface area is 120 Å². The maximum Gasteiger partial charge on any atom is 0.191 e. The van der Waals surface area contributed by atoms with Crippen LogP contribution in [0.5, 0.6) is 0 Å². The Kier molecular flexibility index (Phi) is 6.81. The van der Waals surface area contributed by atoms with Gasteiger partial charge in [0.2, 0.25) is 0 Å². The van der Waals surface area contributed by atoms with Crippen LogP contribution in [0.2, 0.25) is 0 Å². The molecule has 0 saturated carbocycles. The van der Waals surface area contributed by atoms with Crippen molar-refractivity contribution in [2.24, 2.45) is 4.99 Å². The molecule has 110 valence electrons. The molecule has 0 bridgehead atoms. The van der Waals surface area contributed by atoms with Gasteiger partial charge in [-0.05, 0) is 12.8 Å². The second-order valence-electron chi connectivity index (χ2n) is 4.97. The van der Waals surface area contributed by atoms with Gasteiger partial charge in [-0.15, -0.1) is 0 Å². The largest absolute Gasteiger partial charge is 0.376 e. The van der Waals surface area contributed by atoms with E-state index in [0.717, 1.165) is 38.6 Å². The van der Waals surface area contributed by atoms with Crippen molar-refractivity contribution in [3.8, 4) is 0 Å². The maximum atomic E-state index is 5.59. The Bertz CT molecular complexity index is 276. The van der Waals surface area contributed by atoms with Crippen LogP contribution in [-0.4, -0.2) is 74.8 Å². The van der Waals surface area contributed by atoms with Gasteiger partial charge in [0.05, 0.1) is 6.10 Å². The van der Waals surface area contributed by atoms with Crippen LogP contribution in [0.1, 0.15) is 12.8 Å². The first-order valence-electron chi connectivity index (χ1n) is 7.24. The van der Waals surface area contributed by atoms with Crippen molar-refractivity contribution in [2.75, 3.05) is 57.9 Å². The zero-order valence-electron chi connectivity index (χ0n) is 11.9. The molecule has 0 aromatic rings. The fourth-order valence-corrected chi connectivity index (χ4v) is 3.37. The molecule has 0 aromatic heterocycles. The lowest BCUT2D eigenvalue weighted by Gasteiger charge is -2.26. The topological polar surface area (TPSA) is 48.9 Å². The number of guanidine groups is 1. The van der Waals surface area contributed by atoms with E-state index in [1.54, 1.807) is 0 Å². The fraction of sp³-hybridized carbons (Fsp3) is 0.923. The zero-order chi connectivity index (χ0) is 13.3. The quantitative estimate of drug-likeness (QED) is 0.565. The highest BCUT2D eigenvalue weighted by atomic mass is 32.2. The monoisotopic (exact) mass is 286 g/mol. The molecule has 2 rings (SSSR count). The van der Waals surface area contributed by atoms with Crippen LogP contribution in [0.3, 0.4) is 0 Å². The molecule has 0 spiro atoms. The Morgan fingerprint density at radius 1 is 1.37 bits per heavy atom. The standard InChI is InChI=1S/C13H26N4OS/c1-14-13(16-11-12-3-2-8-18-12)15-4-5-17-6-9-19-10-7-17/h12H,2-11H2,1H3,(H2,14,15,16). The molecule has 2 saturated heterocycles. The molecule has 19 heavy (non-hydrogen) atoms. The summed E-state index contributed by atoms with van der Waals surface area (Å²) in [5.41, 5.74) is 0. The molecule has 2 aliphatic heterocycles. The minimum atomic E-state index is 0.359. The molecule has 0 radical (unpaired) electrons. The van der Waals surface area contributed by atoms with Gasteiger partial charge in [-0.25, -0.2) is 0 Å². The first-order chi connectivity index (χ1) is 9.38. The number of hydrogen-bond acceptors (Lipinski definition) is 4. The Hall–Kier alpha value is -0.460. The highest BCUT2D eigenvalue weighted by Gasteiger charge is 2.15. The summed E-state index contributed by atoms with van der Waals surface area (Å²) in [5, 5.41) is 6.72. The first-order valence-corrected chi connectivity index (χ1v) is 8.40. The van der Waals surface area contributed by atoms with Crippen molar-refractivity contribution < 1.29 is 4.74 Å². The van der Waals surface area contributed by atoms with E-state index in [9.17, 15) is 0 Å². The summed E-state index contributed by atoms with van der Waals surface area (Å²) in [6.07, 6.45) is 2.71. The lowest BCUT2D eigenvalue weighted by Crippen LogP contribution is -2.45. The van der Waals surface area contributed by atoms with Crippen molar-refractivity contribution in [3.63, 3.8) is 0 Å². The van der Waals surface area contributed by atoms with Gasteiger partial charge in [-0.1, -0.05) is 0 Å². The lowest BCUT2D eigenvalue weighted by atomic mass is 10.2. The molecule has 2 N–H and O–H groups in total. The van der Waals surface area contributed by atoms with Crippen LogP contribution in [0.15, 0.2) is 4.99 Å². The summed E-state index contributed by atoms with van der Waals surface area (Å²) in [4.78, 5) is 6.76. The van der Waals surface area contributed by atoms with Crippen LogP contribution >= 0.6 is 11.8 Å². The number of aliphatic imine (C=N–C) groups is 1. The van der Waals surface area contributed by atoms with Gasteiger partial charge in [0.25, 0.3) is 0 Å². The molecule has 0 aliphatic carbocycles. The predicted octanol–water partition coefficient (Wildman–Crippen LogP) is 0.379. The van der Waals surface area contributed by atoms with Crippen molar-refractivity contribution >= 4 is 17.7 Å². The first kappa shape index (κ1) is 14.9. The summed E-state index contributed by atoms with van der Waals surface area (Å²) in [6.45, 7) is 6.25.